The number of rotatable bonds is 10. The van der Waals surface area contributed by atoms with Crippen molar-refractivity contribution in [1.82, 2.24) is 0 Å². The molecule has 162 valence electrons. The van der Waals surface area contributed by atoms with Crippen LogP contribution in [0.3, 0.4) is 0 Å². The van der Waals surface area contributed by atoms with Gasteiger partial charge >= 0.3 is 11.9 Å². The predicted octanol–water partition coefficient (Wildman–Crippen LogP) is 4.44. The number of Topliss-reactive ketones (excluding diaryl/α,β-unsaturated/α-hetero) is 2. The zero-order valence-electron chi connectivity index (χ0n) is 17.7. The molecule has 2 aromatic rings. The number of hydrogen-bond donors (Lipinski definition) is 0. The highest BCUT2D eigenvalue weighted by molar-refractivity contribution is 6.03. The number of benzene rings is 2. The summed E-state index contributed by atoms with van der Waals surface area (Å²) in [4.78, 5) is 48.9. The third-order valence-electron chi connectivity index (χ3n) is 4.22. The first-order chi connectivity index (χ1) is 14.8. The maximum atomic E-state index is 12.8. The largest absolute Gasteiger partial charge is 0.485 e. The SMILES string of the molecule is C=CCOc1c(C(C)=O)ccc(C(=O)OCCC)c1OC(=O)c1ccc(C(C)=O)cc1. The zero-order chi connectivity index (χ0) is 23.0. The summed E-state index contributed by atoms with van der Waals surface area (Å²) in [7, 11) is 0. The van der Waals surface area contributed by atoms with Crippen LogP contribution in [0.1, 0.15) is 68.6 Å². The minimum atomic E-state index is -0.788. The Balaban J connectivity index is 2.53. The fourth-order valence-electron chi connectivity index (χ4n) is 2.65. The van der Waals surface area contributed by atoms with Crippen molar-refractivity contribution in [2.45, 2.75) is 27.2 Å². The molecule has 0 N–H and O–H groups in total. The molecule has 0 aliphatic rings. The number of carbonyl (C=O) groups is 4. The number of hydrogen-bond acceptors (Lipinski definition) is 7. The second-order valence-corrected chi connectivity index (χ2v) is 6.63. The normalized spacial score (nSPS) is 10.2. The monoisotopic (exact) mass is 424 g/mol. The van der Waals surface area contributed by atoms with E-state index in [1.54, 1.807) is 0 Å². The third-order valence-corrected chi connectivity index (χ3v) is 4.22. The molecule has 0 saturated heterocycles. The highest BCUT2D eigenvalue weighted by atomic mass is 16.6. The van der Waals surface area contributed by atoms with E-state index in [-0.39, 0.29) is 53.0 Å². The molecule has 0 unspecified atom stereocenters. The Hall–Kier alpha value is -3.74. The van der Waals surface area contributed by atoms with Gasteiger partial charge in [-0.2, -0.15) is 0 Å². The minimum Gasteiger partial charge on any atom is -0.485 e. The van der Waals surface area contributed by atoms with Crippen LogP contribution in [0.5, 0.6) is 11.5 Å². The van der Waals surface area contributed by atoms with Crippen molar-refractivity contribution in [3.8, 4) is 11.5 Å². The van der Waals surface area contributed by atoms with Crippen molar-refractivity contribution in [3.63, 3.8) is 0 Å². The lowest BCUT2D eigenvalue weighted by Gasteiger charge is -2.17. The van der Waals surface area contributed by atoms with Crippen LogP contribution in [0, 0.1) is 0 Å². The van der Waals surface area contributed by atoms with Crippen LogP contribution in [0.15, 0.2) is 49.1 Å². The van der Waals surface area contributed by atoms with Gasteiger partial charge in [0.05, 0.1) is 17.7 Å². The molecule has 0 fully saturated rings. The minimum absolute atomic E-state index is 0.0194. The van der Waals surface area contributed by atoms with Crippen LogP contribution >= 0.6 is 0 Å². The highest BCUT2D eigenvalue weighted by Crippen LogP contribution is 2.37. The van der Waals surface area contributed by atoms with E-state index < -0.39 is 11.9 Å². The van der Waals surface area contributed by atoms with Gasteiger partial charge in [0, 0.05) is 5.56 Å². The molecule has 7 heteroatoms. The molecule has 0 heterocycles. The lowest BCUT2D eigenvalue weighted by atomic mass is 10.1. The summed E-state index contributed by atoms with van der Waals surface area (Å²) in [5.41, 5.74) is 0.685. The van der Waals surface area contributed by atoms with Crippen molar-refractivity contribution >= 4 is 23.5 Å². The highest BCUT2D eigenvalue weighted by Gasteiger charge is 2.26. The fourth-order valence-corrected chi connectivity index (χ4v) is 2.65. The standard InChI is InChI=1S/C24H24O7/c1-5-13-29-21-19(16(4)26)11-12-20(24(28)30-14-6-2)22(21)31-23(27)18-9-7-17(8-10-18)15(3)25/h5,7-12H,1,6,13-14H2,2-4H3. The lowest BCUT2D eigenvalue weighted by molar-refractivity contribution is 0.0497. The Labute approximate surface area is 180 Å². The number of carbonyl (C=O) groups excluding carboxylic acids is 4. The van der Waals surface area contributed by atoms with Gasteiger partial charge < -0.3 is 14.2 Å². The number of esters is 2. The molecule has 0 aromatic heterocycles. The second kappa shape index (κ2) is 10.9. The van der Waals surface area contributed by atoms with Gasteiger partial charge in [-0.25, -0.2) is 9.59 Å². The Kier molecular flexibility index (Phi) is 8.25. The Morgan fingerprint density at radius 2 is 1.45 bits per heavy atom. The molecular formula is C24H24O7. The smallest absolute Gasteiger partial charge is 0.343 e. The quantitative estimate of drug-likeness (QED) is 0.241. The average molecular weight is 424 g/mol. The van der Waals surface area contributed by atoms with Gasteiger partial charge in [-0.05, 0) is 44.5 Å². The molecule has 0 amide bonds. The molecule has 0 saturated carbocycles. The molecule has 0 radical (unpaired) electrons. The molecule has 2 aromatic carbocycles. The second-order valence-electron chi connectivity index (χ2n) is 6.63. The molecule has 0 atom stereocenters. The van der Waals surface area contributed by atoms with Gasteiger partial charge in [-0.3, -0.25) is 9.59 Å². The summed E-state index contributed by atoms with van der Waals surface area (Å²) in [6.07, 6.45) is 2.06. The zero-order valence-corrected chi connectivity index (χ0v) is 17.7. The van der Waals surface area contributed by atoms with Crippen LogP contribution in [-0.4, -0.2) is 36.7 Å². The number of ketones is 2. The van der Waals surface area contributed by atoms with E-state index in [1.807, 2.05) is 6.92 Å². The van der Waals surface area contributed by atoms with Crippen LogP contribution < -0.4 is 9.47 Å². The first-order valence-corrected chi connectivity index (χ1v) is 9.72. The van der Waals surface area contributed by atoms with Crippen molar-refractivity contribution in [3.05, 3.63) is 71.3 Å². The summed E-state index contributed by atoms with van der Waals surface area (Å²) in [5.74, 6) is -2.24. The van der Waals surface area contributed by atoms with E-state index in [0.29, 0.717) is 12.0 Å². The van der Waals surface area contributed by atoms with E-state index in [4.69, 9.17) is 14.2 Å². The summed E-state index contributed by atoms with van der Waals surface area (Å²) in [6.45, 7) is 8.36. The lowest BCUT2D eigenvalue weighted by Crippen LogP contribution is -2.16. The van der Waals surface area contributed by atoms with Gasteiger partial charge in [0.25, 0.3) is 0 Å². The van der Waals surface area contributed by atoms with E-state index >= 15 is 0 Å². The van der Waals surface area contributed by atoms with Crippen LogP contribution in [0.25, 0.3) is 0 Å². The van der Waals surface area contributed by atoms with Crippen LogP contribution in [0.4, 0.5) is 0 Å². The molecule has 31 heavy (non-hydrogen) atoms. The maximum Gasteiger partial charge on any atom is 0.343 e. The van der Waals surface area contributed by atoms with Crippen LogP contribution in [-0.2, 0) is 4.74 Å². The first-order valence-electron chi connectivity index (χ1n) is 9.72. The molecule has 0 aliphatic heterocycles. The molecule has 0 bridgehead atoms. The summed E-state index contributed by atoms with van der Waals surface area (Å²) in [6, 6.07) is 8.65. The molecule has 7 nitrogen and oxygen atoms in total. The topological polar surface area (TPSA) is 96.0 Å². The summed E-state index contributed by atoms with van der Waals surface area (Å²) in [5, 5.41) is 0. The van der Waals surface area contributed by atoms with Gasteiger partial charge in [-0.15, -0.1) is 0 Å². The Morgan fingerprint density at radius 3 is 2.00 bits per heavy atom. The number of ether oxygens (including phenoxy) is 3. The Bertz CT molecular complexity index is 1000. The van der Waals surface area contributed by atoms with Gasteiger partial charge in [0.1, 0.15) is 12.2 Å². The maximum absolute atomic E-state index is 12.8. The van der Waals surface area contributed by atoms with E-state index in [1.165, 1.54) is 56.3 Å². The van der Waals surface area contributed by atoms with Crippen molar-refractivity contribution in [1.29, 1.82) is 0 Å². The van der Waals surface area contributed by atoms with E-state index in [0.717, 1.165) is 0 Å². The summed E-state index contributed by atoms with van der Waals surface area (Å²) >= 11 is 0. The van der Waals surface area contributed by atoms with Crippen molar-refractivity contribution in [2.75, 3.05) is 13.2 Å². The van der Waals surface area contributed by atoms with E-state index in [2.05, 4.69) is 6.58 Å². The Morgan fingerprint density at radius 1 is 0.839 bits per heavy atom. The van der Waals surface area contributed by atoms with Gasteiger partial charge in [0.15, 0.2) is 23.1 Å². The van der Waals surface area contributed by atoms with Crippen molar-refractivity contribution in [2.24, 2.45) is 0 Å². The molecule has 0 spiro atoms. The average Bonchev–Trinajstić information content (AvgIpc) is 2.75. The molecule has 0 aliphatic carbocycles. The fraction of sp³-hybridized carbons (Fsp3) is 0.250. The van der Waals surface area contributed by atoms with Gasteiger partial charge in [-0.1, -0.05) is 31.7 Å². The molecule has 2 rings (SSSR count). The van der Waals surface area contributed by atoms with Crippen LogP contribution in [0.2, 0.25) is 0 Å². The van der Waals surface area contributed by atoms with Crippen molar-refractivity contribution < 1.29 is 33.4 Å². The molecular weight excluding hydrogens is 400 g/mol. The first kappa shape index (κ1) is 23.5. The summed E-state index contributed by atoms with van der Waals surface area (Å²) < 4.78 is 16.3. The predicted molar refractivity (Wildman–Crippen MR) is 114 cm³/mol. The van der Waals surface area contributed by atoms with Gasteiger partial charge in [0.2, 0.25) is 0 Å². The van der Waals surface area contributed by atoms with E-state index in [9.17, 15) is 19.2 Å². The third kappa shape index (κ3) is 5.88.